The summed E-state index contributed by atoms with van der Waals surface area (Å²) < 4.78 is 25.2. The van der Waals surface area contributed by atoms with Crippen molar-refractivity contribution < 1.29 is 18.9 Å². The Labute approximate surface area is 160 Å². The van der Waals surface area contributed by atoms with Crippen LogP contribution in [0.4, 0.5) is 0 Å². The standard InChI is InChI=1S/C22H40O4/c1-9-12-23-22-20(16(7)15(6)19(11-3)25-22)26-21-17(8)13(4)14(5)18(10-2)24-21/h9,13-22H,1,10-12H2,2-8H3/t13-,14-,15-,16-,17?,18?,19?,20?,21-,22-/m0/s1. The molecule has 0 aromatic rings. The van der Waals surface area contributed by atoms with Crippen molar-refractivity contribution in [2.24, 2.45) is 29.6 Å². The van der Waals surface area contributed by atoms with Crippen molar-refractivity contribution in [3.8, 4) is 0 Å². The summed E-state index contributed by atoms with van der Waals surface area (Å²) in [6, 6.07) is 0. The second-order valence-corrected chi connectivity index (χ2v) is 8.42. The van der Waals surface area contributed by atoms with Gasteiger partial charge in [-0.15, -0.1) is 6.58 Å². The molecule has 2 aliphatic heterocycles. The Bertz CT molecular complexity index is 438. The third-order valence-corrected chi connectivity index (χ3v) is 6.97. The molecule has 2 heterocycles. The van der Waals surface area contributed by atoms with Crippen LogP contribution in [0.3, 0.4) is 0 Å². The highest BCUT2D eigenvalue weighted by Gasteiger charge is 2.46. The minimum absolute atomic E-state index is 0.127. The fraction of sp³-hybridized carbons (Fsp3) is 0.909. The zero-order valence-corrected chi connectivity index (χ0v) is 17.8. The van der Waals surface area contributed by atoms with Crippen LogP contribution < -0.4 is 0 Å². The van der Waals surface area contributed by atoms with Crippen LogP contribution in [0, 0.1) is 29.6 Å². The van der Waals surface area contributed by atoms with Gasteiger partial charge in [-0.05, 0) is 36.5 Å². The van der Waals surface area contributed by atoms with Gasteiger partial charge in [0, 0.05) is 5.92 Å². The number of rotatable bonds is 7. The Balaban J connectivity index is 2.15. The minimum atomic E-state index is -0.366. The molecule has 4 nitrogen and oxygen atoms in total. The van der Waals surface area contributed by atoms with Crippen LogP contribution in [-0.4, -0.2) is 37.5 Å². The van der Waals surface area contributed by atoms with Gasteiger partial charge in [0.05, 0.1) is 18.8 Å². The van der Waals surface area contributed by atoms with Crippen molar-refractivity contribution in [3.63, 3.8) is 0 Å². The quantitative estimate of drug-likeness (QED) is 0.591. The molecule has 0 saturated carbocycles. The van der Waals surface area contributed by atoms with E-state index in [0.29, 0.717) is 36.2 Å². The van der Waals surface area contributed by atoms with Crippen LogP contribution in [0.1, 0.15) is 61.3 Å². The Morgan fingerprint density at radius 1 is 0.769 bits per heavy atom. The van der Waals surface area contributed by atoms with Gasteiger partial charge in [0.25, 0.3) is 0 Å². The van der Waals surface area contributed by atoms with Gasteiger partial charge in [0.15, 0.2) is 12.6 Å². The van der Waals surface area contributed by atoms with Crippen molar-refractivity contribution in [2.45, 2.75) is 92.2 Å². The summed E-state index contributed by atoms with van der Waals surface area (Å²) in [6.07, 6.45) is 3.51. The van der Waals surface area contributed by atoms with Gasteiger partial charge in [-0.2, -0.15) is 0 Å². The summed E-state index contributed by atoms with van der Waals surface area (Å²) in [6.45, 7) is 19.9. The molecule has 26 heavy (non-hydrogen) atoms. The zero-order chi connectivity index (χ0) is 19.4. The van der Waals surface area contributed by atoms with Crippen LogP contribution >= 0.6 is 0 Å². The van der Waals surface area contributed by atoms with E-state index < -0.39 is 0 Å². The fourth-order valence-electron chi connectivity index (χ4n) is 4.48. The third kappa shape index (κ3) is 4.52. The number of hydrogen-bond donors (Lipinski definition) is 0. The van der Waals surface area contributed by atoms with E-state index >= 15 is 0 Å². The maximum absolute atomic E-state index is 6.57. The SMILES string of the molecule is C=CCO[C@H]1OC(CC)[C@@H](C)[C@H](C)C1O[C@@H]1OC(CC)[C@@H](C)[C@H](C)C1C. The highest BCUT2D eigenvalue weighted by molar-refractivity contribution is 4.88. The summed E-state index contributed by atoms with van der Waals surface area (Å²) in [4.78, 5) is 0. The van der Waals surface area contributed by atoms with Crippen molar-refractivity contribution in [1.29, 1.82) is 0 Å². The fourth-order valence-corrected chi connectivity index (χ4v) is 4.48. The summed E-state index contributed by atoms with van der Waals surface area (Å²) in [5.41, 5.74) is 0. The Morgan fingerprint density at radius 2 is 1.31 bits per heavy atom. The van der Waals surface area contributed by atoms with Crippen LogP contribution in [0.25, 0.3) is 0 Å². The van der Waals surface area contributed by atoms with Gasteiger partial charge >= 0.3 is 0 Å². The van der Waals surface area contributed by atoms with E-state index in [9.17, 15) is 0 Å². The summed E-state index contributed by atoms with van der Waals surface area (Å²) in [5.74, 6) is 2.22. The van der Waals surface area contributed by atoms with Gasteiger partial charge in [0.1, 0.15) is 6.10 Å². The highest BCUT2D eigenvalue weighted by atomic mass is 16.7. The van der Waals surface area contributed by atoms with Gasteiger partial charge in [0.2, 0.25) is 0 Å². The lowest BCUT2D eigenvalue weighted by atomic mass is 9.78. The van der Waals surface area contributed by atoms with E-state index in [1.165, 1.54) is 0 Å². The molecule has 0 spiro atoms. The predicted octanol–water partition coefficient (Wildman–Crippen LogP) is 5.02. The molecule has 2 aliphatic rings. The highest BCUT2D eigenvalue weighted by Crippen LogP contribution is 2.40. The average Bonchev–Trinajstić information content (AvgIpc) is 2.64. The molecular weight excluding hydrogens is 328 g/mol. The molecule has 0 aliphatic carbocycles. The first-order chi connectivity index (χ1) is 12.3. The Morgan fingerprint density at radius 3 is 1.85 bits per heavy atom. The van der Waals surface area contributed by atoms with Crippen LogP contribution in [-0.2, 0) is 18.9 Å². The first kappa shape index (κ1) is 21.9. The van der Waals surface area contributed by atoms with E-state index in [1.807, 2.05) is 0 Å². The molecule has 2 saturated heterocycles. The van der Waals surface area contributed by atoms with Gasteiger partial charge in [-0.3, -0.25) is 0 Å². The maximum Gasteiger partial charge on any atom is 0.184 e. The molecule has 4 heteroatoms. The van der Waals surface area contributed by atoms with Crippen molar-refractivity contribution in [1.82, 2.24) is 0 Å². The molecule has 10 atom stereocenters. The normalized spacial score (nSPS) is 46.9. The second kappa shape index (κ2) is 9.68. The lowest BCUT2D eigenvalue weighted by molar-refractivity contribution is -0.335. The average molecular weight is 369 g/mol. The van der Waals surface area contributed by atoms with E-state index in [0.717, 1.165) is 12.8 Å². The van der Waals surface area contributed by atoms with E-state index in [1.54, 1.807) is 6.08 Å². The molecule has 0 amide bonds. The van der Waals surface area contributed by atoms with Crippen LogP contribution in [0.2, 0.25) is 0 Å². The van der Waals surface area contributed by atoms with Crippen LogP contribution in [0.5, 0.6) is 0 Å². The van der Waals surface area contributed by atoms with E-state index in [-0.39, 0.29) is 30.9 Å². The van der Waals surface area contributed by atoms with Crippen molar-refractivity contribution in [2.75, 3.05) is 6.61 Å². The number of hydrogen-bond acceptors (Lipinski definition) is 4. The van der Waals surface area contributed by atoms with E-state index in [4.69, 9.17) is 18.9 Å². The monoisotopic (exact) mass is 368 g/mol. The van der Waals surface area contributed by atoms with Gasteiger partial charge < -0.3 is 18.9 Å². The molecule has 0 N–H and O–H groups in total. The third-order valence-electron chi connectivity index (χ3n) is 6.97. The molecule has 0 aromatic heterocycles. The molecule has 0 aromatic carbocycles. The van der Waals surface area contributed by atoms with Crippen LogP contribution in [0.15, 0.2) is 12.7 Å². The number of ether oxygens (including phenoxy) is 4. The second-order valence-electron chi connectivity index (χ2n) is 8.42. The lowest BCUT2D eigenvalue weighted by Gasteiger charge is -2.48. The lowest BCUT2D eigenvalue weighted by Crippen LogP contribution is -2.55. The van der Waals surface area contributed by atoms with Crippen molar-refractivity contribution in [3.05, 3.63) is 12.7 Å². The smallest absolute Gasteiger partial charge is 0.184 e. The molecule has 0 bridgehead atoms. The summed E-state index contributed by atoms with van der Waals surface area (Å²) in [7, 11) is 0. The van der Waals surface area contributed by atoms with Gasteiger partial charge in [-0.25, -0.2) is 0 Å². The largest absolute Gasteiger partial charge is 0.349 e. The molecular formula is C22H40O4. The molecule has 152 valence electrons. The maximum atomic E-state index is 6.57. The first-order valence-electron chi connectivity index (χ1n) is 10.5. The van der Waals surface area contributed by atoms with Crippen molar-refractivity contribution >= 4 is 0 Å². The summed E-state index contributed by atoms with van der Waals surface area (Å²) in [5, 5.41) is 0. The topological polar surface area (TPSA) is 36.9 Å². The zero-order valence-electron chi connectivity index (χ0n) is 17.8. The Hall–Kier alpha value is -0.420. The summed E-state index contributed by atoms with van der Waals surface area (Å²) >= 11 is 0. The molecule has 4 unspecified atom stereocenters. The van der Waals surface area contributed by atoms with Gasteiger partial charge in [-0.1, -0.05) is 54.5 Å². The Kier molecular flexibility index (Phi) is 8.14. The van der Waals surface area contributed by atoms with E-state index in [2.05, 4.69) is 55.0 Å². The molecule has 0 radical (unpaired) electrons. The minimum Gasteiger partial charge on any atom is -0.349 e. The molecule has 2 fully saturated rings. The predicted molar refractivity (Wildman–Crippen MR) is 105 cm³/mol. The first-order valence-corrected chi connectivity index (χ1v) is 10.5. The molecule has 2 rings (SSSR count).